The van der Waals surface area contributed by atoms with Crippen LogP contribution in [0, 0.1) is 0 Å². The van der Waals surface area contributed by atoms with Gasteiger partial charge in [-0.25, -0.2) is 4.98 Å². The van der Waals surface area contributed by atoms with Crippen molar-refractivity contribution in [1.82, 2.24) is 9.71 Å². The fraction of sp³-hybridized carbons (Fsp3) is 0.250. The molecule has 2 aromatic rings. The molecule has 0 unspecified atom stereocenters. The summed E-state index contributed by atoms with van der Waals surface area (Å²) >= 11 is 1.64. The minimum absolute atomic E-state index is 0.254. The van der Waals surface area contributed by atoms with Crippen LogP contribution in [0.2, 0.25) is 0 Å². The summed E-state index contributed by atoms with van der Waals surface area (Å²) in [4.78, 5) is 16.9. The molecule has 0 aliphatic heterocycles. The third-order valence-electron chi connectivity index (χ3n) is 3.52. The molecule has 0 saturated heterocycles. The molecule has 0 atom stereocenters. The predicted molar refractivity (Wildman–Crippen MR) is 87.2 cm³/mol. The number of benzene rings is 1. The maximum absolute atomic E-state index is 11.3. The summed E-state index contributed by atoms with van der Waals surface area (Å²) in [5.74, 6) is 0.285. The molecule has 3 rings (SSSR count). The van der Waals surface area contributed by atoms with Gasteiger partial charge in [0.25, 0.3) is 0 Å². The van der Waals surface area contributed by atoms with E-state index in [0.29, 0.717) is 5.82 Å². The van der Waals surface area contributed by atoms with E-state index < -0.39 is 0 Å². The van der Waals surface area contributed by atoms with Gasteiger partial charge in [0.15, 0.2) is 0 Å². The molecule has 1 aliphatic carbocycles. The average Bonchev–Trinajstić information content (AvgIpc) is 3.23. The third kappa shape index (κ3) is 3.43. The number of carbonyl (C=O) groups excluding carboxylic acids is 1. The van der Waals surface area contributed by atoms with Crippen LogP contribution in [0.1, 0.15) is 19.8 Å². The molecule has 2 N–H and O–H groups in total. The molecule has 0 spiro atoms. The van der Waals surface area contributed by atoms with E-state index in [1.54, 1.807) is 18.0 Å². The highest BCUT2D eigenvalue weighted by Crippen LogP contribution is 2.37. The van der Waals surface area contributed by atoms with Crippen molar-refractivity contribution in [3.05, 3.63) is 43.0 Å². The van der Waals surface area contributed by atoms with E-state index >= 15 is 0 Å². The Morgan fingerprint density at radius 2 is 2.14 bits per heavy atom. The Bertz CT molecular complexity index is 710. The van der Waals surface area contributed by atoms with Gasteiger partial charge in [-0.3, -0.25) is 9.52 Å². The first-order valence-corrected chi connectivity index (χ1v) is 7.68. The zero-order chi connectivity index (χ0) is 14.9. The summed E-state index contributed by atoms with van der Waals surface area (Å²) in [7, 11) is 0. The molecule has 1 aromatic heterocycles. The van der Waals surface area contributed by atoms with Crippen LogP contribution in [0.5, 0.6) is 0 Å². The Morgan fingerprint density at radius 3 is 2.86 bits per heavy atom. The number of nitrogens with one attached hydrogen (secondary N) is 2. The number of hydrogen-bond donors (Lipinski definition) is 2. The monoisotopic (exact) mass is 299 g/mol. The van der Waals surface area contributed by atoms with Gasteiger partial charge in [0.2, 0.25) is 5.91 Å². The van der Waals surface area contributed by atoms with Crippen molar-refractivity contribution in [1.29, 1.82) is 0 Å². The van der Waals surface area contributed by atoms with E-state index in [9.17, 15) is 4.79 Å². The number of hydrogen-bond acceptors (Lipinski definition) is 4. The average molecular weight is 299 g/mol. The summed E-state index contributed by atoms with van der Waals surface area (Å²) in [5, 5.41) is 3.73. The van der Waals surface area contributed by atoms with Crippen molar-refractivity contribution in [2.45, 2.75) is 30.2 Å². The first-order valence-electron chi connectivity index (χ1n) is 6.86. The molecule has 1 fully saturated rings. The molecule has 4 nitrogen and oxygen atoms in total. The molecule has 5 heteroatoms. The zero-order valence-corrected chi connectivity index (χ0v) is 12.7. The maximum Gasteiger partial charge on any atom is 0.248 e. The minimum atomic E-state index is -0.254. The van der Waals surface area contributed by atoms with E-state index in [1.165, 1.54) is 18.9 Å². The Labute approximate surface area is 128 Å². The molecular weight excluding hydrogens is 282 g/mol. The van der Waals surface area contributed by atoms with Gasteiger partial charge >= 0.3 is 0 Å². The molecule has 1 heterocycles. The normalized spacial score (nSPS) is 15.7. The molecule has 108 valence electrons. The Morgan fingerprint density at radius 1 is 1.38 bits per heavy atom. The van der Waals surface area contributed by atoms with E-state index in [1.807, 2.05) is 18.2 Å². The summed E-state index contributed by atoms with van der Waals surface area (Å²) < 4.78 is 3.48. The lowest BCUT2D eigenvalue weighted by molar-refractivity contribution is -0.111. The van der Waals surface area contributed by atoms with E-state index in [-0.39, 0.29) is 11.4 Å². The van der Waals surface area contributed by atoms with Crippen LogP contribution in [0.15, 0.2) is 47.9 Å². The van der Waals surface area contributed by atoms with Crippen molar-refractivity contribution >= 4 is 34.6 Å². The fourth-order valence-corrected chi connectivity index (χ4v) is 2.75. The number of nitrogens with zero attached hydrogens (tertiary/aromatic N) is 1. The van der Waals surface area contributed by atoms with Crippen LogP contribution >= 0.6 is 11.9 Å². The largest absolute Gasteiger partial charge is 0.307 e. The SMILES string of the molecule is C=CC(=O)Nc1ccc2ccc(SNC3(C)CC3)cc2n1. The van der Waals surface area contributed by atoms with Crippen LogP contribution in [-0.2, 0) is 4.79 Å². The van der Waals surface area contributed by atoms with Crippen LogP contribution < -0.4 is 10.0 Å². The minimum Gasteiger partial charge on any atom is -0.307 e. The van der Waals surface area contributed by atoms with Crippen molar-refractivity contribution in [2.24, 2.45) is 0 Å². The number of anilines is 1. The maximum atomic E-state index is 11.3. The van der Waals surface area contributed by atoms with Gasteiger partial charge in [0.05, 0.1) is 5.52 Å². The highest BCUT2D eigenvalue weighted by molar-refractivity contribution is 7.97. The van der Waals surface area contributed by atoms with Gasteiger partial charge in [-0.1, -0.05) is 12.6 Å². The molecule has 0 bridgehead atoms. The molecular formula is C16H17N3OS. The lowest BCUT2D eigenvalue weighted by Gasteiger charge is -2.10. The highest BCUT2D eigenvalue weighted by atomic mass is 32.2. The Balaban J connectivity index is 1.80. The van der Waals surface area contributed by atoms with Crippen LogP contribution in [0.4, 0.5) is 5.82 Å². The van der Waals surface area contributed by atoms with E-state index in [2.05, 4.69) is 34.6 Å². The number of amides is 1. The topological polar surface area (TPSA) is 54.0 Å². The van der Waals surface area contributed by atoms with Gasteiger partial charge in [0, 0.05) is 15.8 Å². The Hall–Kier alpha value is -1.85. The summed E-state index contributed by atoms with van der Waals surface area (Å²) in [6.45, 7) is 5.66. The molecule has 1 saturated carbocycles. The first kappa shape index (κ1) is 14.1. The van der Waals surface area contributed by atoms with Crippen molar-refractivity contribution in [2.75, 3.05) is 5.32 Å². The first-order chi connectivity index (χ1) is 10.1. The molecule has 1 aliphatic rings. The van der Waals surface area contributed by atoms with Crippen LogP contribution in [0.3, 0.4) is 0 Å². The molecule has 0 radical (unpaired) electrons. The van der Waals surface area contributed by atoms with Gasteiger partial charge in [-0.15, -0.1) is 0 Å². The molecule has 21 heavy (non-hydrogen) atoms. The number of fused-ring (bicyclic) bond motifs is 1. The standard InChI is InChI=1S/C16H17N3OS/c1-3-15(20)18-14-7-5-11-4-6-12(10-13(11)17-14)21-19-16(2)8-9-16/h3-7,10,19H,1,8-9H2,2H3,(H,17,18,20). The van der Waals surface area contributed by atoms with Crippen molar-refractivity contribution in [3.63, 3.8) is 0 Å². The van der Waals surface area contributed by atoms with Crippen molar-refractivity contribution < 1.29 is 4.79 Å². The summed E-state index contributed by atoms with van der Waals surface area (Å²) in [6.07, 6.45) is 3.69. The van der Waals surface area contributed by atoms with Crippen LogP contribution in [0.25, 0.3) is 10.9 Å². The fourth-order valence-electron chi connectivity index (χ4n) is 1.88. The predicted octanol–water partition coefficient (Wildman–Crippen LogP) is 3.51. The second-order valence-electron chi connectivity index (χ2n) is 5.51. The number of carbonyl (C=O) groups is 1. The van der Waals surface area contributed by atoms with E-state index in [4.69, 9.17) is 0 Å². The van der Waals surface area contributed by atoms with Gasteiger partial charge in [0.1, 0.15) is 5.82 Å². The van der Waals surface area contributed by atoms with Gasteiger partial charge in [-0.05, 0) is 62.1 Å². The van der Waals surface area contributed by atoms with Gasteiger partial charge in [-0.2, -0.15) is 0 Å². The number of rotatable bonds is 5. The quantitative estimate of drug-likeness (QED) is 0.655. The lowest BCUT2D eigenvalue weighted by Crippen LogP contribution is -2.19. The van der Waals surface area contributed by atoms with E-state index in [0.717, 1.165) is 15.8 Å². The van der Waals surface area contributed by atoms with Gasteiger partial charge < -0.3 is 5.32 Å². The highest BCUT2D eigenvalue weighted by Gasteiger charge is 2.36. The second-order valence-corrected chi connectivity index (χ2v) is 6.39. The summed E-state index contributed by atoms with van der Waals surface area (Å²) in [6, 6.07) is 9.89. The number of aromatic nitrogens is 1. The second kappa shape index (κ2) is 5.50. The van der Waals surface area contributed by atoms with Crippen molar-refractivity contribution in [3.8, 4) is 0 Å². The Kier molecular flexibility index (Phi) is 3.69. The molecule has 1 aromatic carbocycles. The third-order valence-corrected chi connectivity index (χ3v) is 4.60. The molecule has 1 amide bonds. The zero-order valence-electron chi connectivity index (χ0n) is 11.8. The smallest absolute Gasteiger partial charge is 0.248 e. The van der Waals surface area contributed by atoms with Crippen LogP contribution in [-0.4, -0.2) is 16.4 Å². The summed E-state index contributed by atoms with van der Waals surface area (Å²) in [5.41, 5.74) is 1.15. The number of pyridine rings is 1. The lowest BCUT2D eigenvalue weighted by atomic mass is 10.2.